The summed E-state index contributed by atoms with van der Waals surface area (Å²) in [5, 5.41) is 2.98. The first kappa shape index (κ1) is 11.4. The van der Waals surface area contributed by atoms with Crippen LogP contribution in [0.3, 0.4) is 0 Å². The number of rotatable bonds is 4. The molecule has 1 aliphatic carbocycles. The molecule has 1 atom stereocenters. The number of carbonyl (C=O) groups is 1. The Hall–Kier alpha value is -1.09. The lowest BCUT2D eigenvalue weighted by Gasteiger charge is -2.07. The SMILES string of the molecule is Cc1ccc(CNC(=O)CC2C=CCC2)s1. The second kappa shape index (κ2) is 5.30. The molecule has 16 heavy (non-hydrogen) atoms. The molecule has 3 heteroatoms. The zero-order chi connectivity index (χ0) is 11.4. The number of carbonyl (C=O) groups excluding carboxylic acids is 1. The van der Waals surface area contributed by atoms with Gasteiger partial charge in [-0.25, -0.2) is 0 Å². The summed E-state index contributed by atoms with van der Waals surface area (Å²) in [6.45, 7) is 2.76. The van der Waals surface area contributed by atoms with Crippen LogP contribution in [-0.2, 0) is 11.3 Å². The lowest BCUT2D eigenvalue weighted by Crippen LogP contribution is -2.23. The van der Waals surface area contributed by atoms with Crippen LogP contribution in [0.25, 0.3) is 0 Å². The van der Waals surface area contributed by atoms with E-state index in [4.69, 9.17) is 0 Å². The summed E-state index contributed by atoms with van der Waals surface area (Å²) >= 11 is 1.74. The fraction of sp³-hybridized carbons (Fsp3) is 0.462. The smallest absolute Gasteiger partial charge is 0.220 e. The Morgan fingerprint density at radius 2 is 2.44 bits per heavy atom. The first-order valence-electron chi connectivity index (χ1n) is 5.73. The van der Waals surface area contributed by atoms with Crippen LogP contribution in [0.5, 0.6) is 0 Å². The molecule has 0 radical (unpaired) electrons. The summed E-state index contributed by atoms with van der Waals surface area (Å²) < 4.78 is 0. The van der Waals surface area contributed by atoms with Gasteiger partial charge in [-0.05, 0) is 37.8 Å². The van der Waals surface area contributed by atoms with Crippen LogP contribution in [0.2, 0.25) is 0 Å². The normalized spacial score (nSPS) is 18.9. The highest BCUT2D eigenvalue weighted by molar-refractivity contribution is 7.11. The topological polar surface area (TPSA) is 29.1 Å². The fourth-order valence-corrected chi connectivity index (χ4v) is 2.77. The van der Waals surface area contributed by atoms with Crippen molar-refractivity contribution < 1.29 is 4.79 Å². The van der Waals surface area contributed by atoms with Crippen LogP contribution in [0.15, 0.2) is 24.3 Å². The van der Waals surface area contributed by atoms with E-state index >= 15 is 0 Å². The maximum Gasteiger partial charge on any atom is 0.220 e. The minimum atomic E-state index is 0.169. The van der Waals surface area contributed by atoms with Gasteiger partial charge in [-0.15, -0.1) is 11.3 Å². The highest BCUT2D eigenvalue weighted by Gasteiger charge is 2.13. The molecule has 2 nitrogen and oxygen atoms in total. The average Bonchev–Trinajstić information content (AvgIpc) is 2.87. The standard InChI is InChI=1S/C13H17NOS/c1-10-6-7-12(16-10)9-14-13(15)8-11-4-2-3-5-11/h2,4,6-7,11H,3,5,8-9H2,1H3,(H,14,15). The number of amides is 1. The third kappa shape index (κ3) is 3.20. The predicted molar refractivity (Wildman–Crippen MR) is 67.4 cm³/mol. The van der Waals surface area contributed by atoms with Crippen molar-refractivity contribution in [3.8, 4) is 0 Å². The predicted octanol–water partition coefficient (Wildman–Crippen LogP) is 3.03. The van der Waals surface area contributed by atoms with E-state index in [0.717, 1.165) is 12.8 Å². The molecule has 1 unspecified atom stereocenters. The van der Waals surface area contributed by atoms with Crippen molar-refractivity contribution in [2.45, 2.75) is 32.7 Å². The van der Waals surface area contributed by atoms with Gasteiger partial charge in [0.25, 0.3) is 0 Å². The second-order valence-electron chi connectivity index (χ2n) is 4.26. The maximum atomic E-state index is 11.6. The van der Waals surface area contributed by atoms with E-state index < -0.39 is 0 Å². The van der Waals surface area contributed by atoms with Crippen molar-refractivity contribution in [2.24, 2.45) is 5.92 Å². The largest absolute Gasteiger partial charge is 0.351 e. The molecule has 1 amide bonds. The van der Waals surface area contributed by atoms with Crippen LogP contribution < -0.4 is 5.32 Å². The van der Waals surface area contributed by atoms with Crippen molar-refractivity contribution in [2.75, 3.05) is 0 Å². The Kier molecular flexibility index (Phi) is 3.78. The molecular weight excluding hydrogens is 218 g/mol. The van der Waals surface area contributed by atoms with E-state index in [0.29, 0.717) is 18.9 Å². The number of thiophene rings is 1. The van der Waals surface area contributed by atoms with E-state index in [9.17, 15) is 4.79 Å². The third-order valence-corrected chi connectivity index (χ3v) is 3.82. The summed E-state index contributed by atoms with van der Waals surface area (Å²) in [6.07, 6.45) is 7.23. The molecule has 0 saturated carbocycles. The summed E-state index contributed by atoms with van der Waals surface area (Å²) in [7, 11) is 0. The molecule has 0 saturated heterocycles. The van der Waals surface area contributed by atoms with E-state index in [1.165, 1.54) is 9.75 Å². The summed E-state index contributed by atoms with van der Waals surface area (Å²) in [5.74, 6) is 0.632. The molecule has 0 aromatic carbocycles. The van der Waals surface area contributed by atoms with Gasteiger partial charge in [0.2, 0.25) is 5.91 Å². The summed E-state index contributed by atoms with van der Waals surface area (Å²) in [6, 6.07) is 4.17. The molecule has 2 rings (SSSR count). The molecule has 86 valence electrons. The third-order valence-electron chi connectivity index (χ3n) is 2.82. The first-order chi connectivity index (χ1) is 7.74. The molecular formula is C13H17NOS. The van der Waals surface area contributed by atoms with Crippen molar-refractivity contribution in [3.05, 3.63) is 34.0 Å². The molecule has 0 bridgehead atoms. The number of hydrogen-bond acceptors (Lipinski definition) is 2. The lowest BCUT2D eigenvalue weighted by atomic mass is 10.1. The van der Waals surface area contributed by atoms with Gasteiger partial charge in [0.05, 0.1) is 6.54 Å². The van der Waals surface area contributed by atoms with Gasteiger partial charge in [0.1, 0.15) is 0 Å². The van der Waals surface area contributed by atoms with Crippen molar-refractivity contribution >= 4 is 17.2 Å². The van der Waals surface area contributed by atoms with E-state index in [2.05, 4.69) is 36.5 Å². The van der Waals surface area contributed by atoms with Crippen molar-refractivity contribution in [1.29, 1.82) is 0 Å². The van der Waals surface area contributed by atoms with Crippen LogP contribution in [0, 0.1) is 12.8 Å². The van der Waals surface area contributed by atoms with Crippen LogP contribution in [0.4, 0.5) is 0 Å². The Balaban J connectivity index is 1.73. The van der Waals surface area contributed by atoms with Crippen LogP contribution in [0.1, 0.15) is 29.0 Å². The zero-order valence-electron chi connectivity index (χ0n) is 9.53. The Labute approximate surface area is 100 Å². The van der Waals surface area contributed by atoms with Gasteiger partial charge in [-0.2, -0.15) is 0 Å². The molecule has 1 aromatic rings. The van der Waals surface area contributed by atoms with E-state index in [-0.39, 0.29) is 5.91 Å². The summed E-state index contributed by atoms with van der Waals surface area (Å²) in [5.41, 5.74) is 0. The van der Waals surface area contributed by atoms with Gasteiger partial charge >= 0.3 is 0 Å². The fourth-order valence-electron chi connectivity index (χ4n) is 1.94. The van der Waals surface area contributed by atoms with Gasteiger partial charge in [-0.1, -0.05) is 12.2 Å². The van der Waals surface area contributed by atoms with Crippen LogP contribution in [-0.4, -0.2) is 5.91 Å². The quantitative estimate of drug-likeness (QED) is 0.799. The van der Waals surface area contributed by atoms with E-state index in [1.807, 2.05) is 0 Å². The molecule has 1 N–H and O–H groups in total. The highest BCUT2D eigenvalue weighted by atomic mass is 32.1. The number of allylic oxidation sites excluding steroid dienone is 2. The molecule has 1 aromatic heterocycles. The van der Waals surface area contributed by atoms with Crippen molar-refractivity contribution in [1.82, 2.24) is 5.32 Å². The molecule has 0 spiro atoms. The average molecular weight is 235 g/mol. The number of aryl methyl sites for hydroxylation is 1. The minimum Gasteiger partial charge on any atom is -0.351 e. The monoisotopic (exact) mass is 235 g/mol. The first-order valence-corrected chi connectivity index (χ1v) is 6.54. The summed E-state index contributed by atoms with van der Waals surface area (Å²) in [4.78, 5) is 14.2. The molecule has 0 fully saturated rings. The van der Waals surface area contributed by atoms with Crippen molar-refractivity contribution in [3.63, 3.8) is 0 Å². The van der Waals surface area contributed by atoms with Gasteiger partial charge in [-0.3, -0.25) is 4.79 Å². The molecule has 0 aliphatic heterocycles. The Morgan fingerprint density at radius 3 is 3.06 bits per heavy atom. The molecule has 1 heterocycles. The van der Waals surface area contributed by atoms with Gasteiger partial charge in [0, 0.05) is 16.2 Å². The second-order valence-corrected chi connectivity index (χ2v) is 5.63. The molecule has 1 aliphatic rings. The number of nitrogens with one attached hydrogen (secondary N) is 1. The van der Waals surface area contributed by atoms with Gasteiger partial charge < -0.3 is 5.32 Å². The van der Waals surface area contributed by atoms with Gasteiger partial charge in [0.15, 0.2) is 0 Å². The van der Waals surface area contributed by atoms with Crippen LogP contribution >= 0.6 is 11.3 Å². The maximum absolute atomic E-state index is 11.6. The zero-order valence-corrected chi connectivity index (χ0v) is 10.3. The Morgan fingerprint density at radius 1 is 1.56 bits per heavy atom. The minimum absolute atomic E-state index is 0.169. The lowest BCUT2D eigenvalue weighted by molar-refractivity contribution is -0.121. The Bertz CT molecular complexity index is 394. The highest BCUT2D eigenvalue weighted by Crippen LogP contribution is 2.20. The van der Waals surface area contributed by atoms with E-state index in [1.54, 1.807) is 11.3 Å². The number of hydrogen-bond donors (Lipinski definition) is 1.